The molecule has 1 aromatic carbocycles. The van der Waals surface area contributed by atoms with Crippen LogP contribution in [-0.2, 0) is 4.79 Å². The summed E-state index contributed by atoms with van der Waals surface area (Å²) < 4.78 is 0. The Kier molecular flexibility index (Phi) is 5.29. The highest BCUT2D eigenvalue weighted by atomic mass is 16.2. The number of carbonyl (C=O) groups excluding carboxylic acids is 2. The number of hydrogen-bond acceptors (Lipinski definition) is 3. The highest BCUT2D eigenvalue weighted by Gasteiger charge is 2.30. The van der Waals surface area contributed by atoms with Gasteiger partial charge in [0.05, 0.1) is 0 Å². The smallest absolute Gasteiger partial charge is 0.252 e. The van der Waals surface area contributed by atoms with Gasteiger partial charge in [-0.2, -0.15) is 0 Å². The Morgan fingerprint density at radius 2 is 2.00 bits per heavy atom. The highest BCUT2D eigenvalue weighted by Crippen LogP contribution is 2.22. The number of anilines is 1. The second-order valence-corrected chi connectivity index (χ2v) is 6.73. The maximum Gasteiger partial charge on any atom is 0.252 e. The molecule has 5 nitrogen and oxygen atoms in total. The number of benzene rings is 1. The van der Waals surface area contributed by atoms with Gasteiger partial charge < -0.3 is 15.5 Å². The van der Waals surface area contributed by atoms with E-state index < -0.39 is 6.04 Å². The van der Waals surface area contributed by atoms with Crippen LogP contribution in [0.3, 0.4) is 0 Å². The largest absolute Gasteiger partial charge is 0.382 e. The molecule has 1 fully saturated rings. The van der Waals surface area contributed by atoms with Crippen molar-refractivity contribution in [2.75, 3.05) is 18.9 Å². The first kappa shape index (κ1) is 17.3. The number of hydrogen-bond donors (Lipinski definition) is 2. The number of likely N-dealkylation sites (N-methyl/N-ethyl adjacent to an activating group) is 1. The summed E-state index contributed by atoms with van der Waals surface area (Å²) in [7, 11) is 1.76. The maximum absolute atomic E-state index is 12.5. The standard InChI is InChI=1S/C18H27N3O2/c1-11(2)13(4)19-15-8-6-7-14(12(15)3)17(22)20-16-9-10-21(5)18(16)23/h6-8,11,13,16,19H,9-10H2,1-5H3,(H,20,22)/t13-,16+/m1/s1. The van der Waals surface area contributed by atoms with Crippen molar-refractivity contribution >= 4 is 17.5 Å². The zero-order chi connectivity index (χ0) is 17.1. The number of likely N-dealkylation sites (tertiary alicyclic amines) is 1. The topological polar surface area (TPSA) is 61.4 Å². The Bertz CT molecular complexity index is 598. The van der Waals surface area contributed by atoms with Crippen LogP contribution in [0.25, 0.3) is 0 Å². The van der Waals surface area contributed by atoms with Crippen LogP contribution >= 0.6 is 0 Å². The minimum atomic E-state index is -0.405. The molecule has 0 unspecified atom stereocenters. The molecule has 126 valence electrons. The first-order valence-corrected chi connectivity index (χ1v) is 8.23. The van der Waals surface area contributed by atoms with Crippen LogP contribution in [0, 0.1) is 12.8 Å². The lowest BCUT2D eigenvalue weighted by molar-refractivity contribution is -0.128. The summed E-state index contributed by atoms with van der Waals surface area (Å²) in [6, 6.07) is 5.58. The van der Waals surface area contributed by atoms with Crippen molar-refractivity contribution < 1.29 is 9.59 Å². The molecule has 2 amide bonds. The molecule has 5 heteroatoms. The van der Waals surface area contributed by atoms with Crippen LogP contribution < -0.4 is 10.6 Å². The summed E-state index contributed by atoms with van der Waals surface area (Å²) in [6.07, 6.45) is 0.669. The third-order valence-corrected chi connectivity index (χ3v) is 4.69. The number of amides is 2. The van der Waals surface area contributed by atoms with Gasteiger partial charge >= 0.3 is 0 Å². The normalized spacial score (nSPS) is 19.1. The fourth-order valence-corrected chi connectivity index (χ4v) is 2.64. The van der Waals surface area contributed by atoms with E-state index in [4.69, 9.17) is 0 Å². The van der Waals surface area contributed by atoms with Gasteiger partial charge in [0, 0.05) is 30.9 Å². The molecule has 1 aromatic rings. The van der Waals surface area contributed by atoms with Crippen LogP contribution in [-0.4, -0.2) is 42.4 Å². The summed E-state index contributed by atoms with van der Waals surface area (Å²) >= 11 is 0. The number of nitrogens with one attached hydrogen (secondary N) is 2. The van der Waals surface area contributed by atoms with E-state index in [0.717, 1.165) is 11.3 Å². The number of nitrogens with zero attached hydrogens (tertiary/aromatic N) is 1. The second-order valence-electron chi connectivity index (χ2n) is 6.73. The fraction of sp³-hybridized carbons (Fsp3) is 0.556. The molecule has 23 heavy (non-hydrogen) atoms. The molecule has 0 aromatic heterocycles. The molecule has 2 N–H and O–H groups in total. The Morgan fingerprint density at radius 3 is 2.57 bits per heavy atom. The summed E-state index contributed by atoms with van der Waals surface area (Å²) in [5.74, 6) is 0.300. The van der Waals surface area contributed by atoms with Gasteiger partial charge in [0.1, 0.15) is 6.04 Å². The number of carbonyl (C=O) groups is 2. The molecule has 0 bridgehead atoms. The molecule has 1 aliphatic rings. The summed E-state index contributed by atoms with van der Waals surface area (Å²) in [5, 5.41) is 6.32. The number of rotatable bonds is 5. The fourth-order valence-electron chi connectivity index (χ4n) is 2.64. The molecule has 0 spiro atoms. The van der Waals surface area contributed by atoms with Gasteiger partial charge in [-0.1, -0.05) is 19.9 Å². The van der Waals surface area contributed by atoms with Crippen molar-refractivity contribution in [2.24, 2.45) is 5.92 Å². The van der Waals surface area contributed by atoms with E-state index in [-0.39, 0.29) is 11.8 Å². The molecule has 2 rings (SSSR count). The lowest BCUT2D eigenvalue weighted by Crippen LogP contribution is -2.40. The first-order chi connectivity index (χ1) is 10.8. The molecule has 0 radical (unpaired) electrons. The minimum absolute atomic E-state index is 0.0151. The summed E-state index contributed by atoms with van der Waals surface area (Å²) in [5.41, 5.74) is 2.50. The molecular weight excluding hydrogens is 290 g/mol. The van der Waals surface area contributed by atoms with Gasteiger partial charge in [0.2, 0.25) is 5.91 Å². The Morgan fingerprint density at radius 1 is 1.30 bits per heavy atom. The molecule has 2 atom stereocenters. The van der Waals surface area contributed by atoms with E-state index in [1.807, 2.05) is 19.1 Å². The highest BCUT2D eigenvalue weighted by molar-refractivity contribution is 6.00. The second kappa shape index (κ2) is 7.02. The third-order valence-electron chi connectivity index (χ3n) is 4.69. The molecule has 0 saturated carbocycles. The van der Waals surface area contributed by atoms with Crippen LogP contribution in [0.15, 0.2) is 18.2 Å². The van der Waals surface area contributed by atoms with Crippen LogP contribution in [0.5, 0.6) is 0 Å². The van der Waals surface area contributed by atoms with Crippen molar-refractivity contribution in [1.29, 1.82) is 0 Å². The summed E-state index contributed by atoms with van der Waals surface area (Å²) in [6.45, 7) is 9.07. The monoisotopic (exact) mass is 317 g/mol. The first-order valence-electron chi connectivity index (χ1n) is 8.23. The zero-order valence-corrected chi connectivity index (χ0v) is 14.6. The van der Waals surface area contributed by atoms with Gasteiger partial charge in [0.15, 0.2) is 0 Å². The van der Waals surface area contributed by atoms with Gasteiger partial charge in [-0.15, -0.1) is 0 Å². The molecule has 1 aliphatic heterocycles. The molecule has 1 heterocycles. The van der Waals surface area contributed by atoms with Gasteiger partial charge in [-0.3, -0.25) is 9.59 Å². The van der Waals surface area contributed by atoms with E-state index in [0.29, 0.717) is 30.5 Å². The van der Waals surface area contributed by atoms with E-state index >= 15 is 0 Å². The Balaban J connectivity index is 2.13. The van der Waals surface area contributed by atoms with Crippen LogP contribution in [0.2, 0.25) is 0 Å². The van der Waals surface area contributed by atoms with Crippen molar-refractivity contribution in [1.82, 2.24) is 10.2 Å². The van der Waals surface area contributed by atoms with Crippen molar-refractivity contribution in [2.45, 2.75) is 46.2 Å². The molecule has 1 saturated heterocycles. The van der Waals surface area contributed by atoms with Crippen molar-refractivity contribution in [3.05, 3.63) is 29.3 Å². The van der Waals surface area contributed by atoms with Gasteiger partial charge in [-0.05, 0) is 43.9 Å². The van der Waals surface area contributed by atoms with E-state index in [2.05, 4.69) is 31.4 Å². The van der Waals surface area contributed by atoms with Crippen molar-refractivity contribution in [3.63, 3.8) is 0 Å². The molecule has 0 aliphatic carbocycles. The van der Waals surface area contributed by atoms with Crippen LogP contribution in [0.1, 0.15) is 43.1 Å². The Hall–Kier alpha value is -2.04. The zero-order valence-electron chi connectivity index (χ0n) is 14.6. The van der Waals surface area contributed by atoms with Crippen LogP contribution in [0.4, 0.5) is 5.69 Å². The third kappa shape index (κ3) is 3.84. The van der Waals surface area contributed by atoms with Crippen molar-refractivity contribution in [3.8, 4) is 0 Å². The lowest BCUT2D eigenvalue weighted by atomic mass is 10.0. The SMILES string of the molecule is Cc1c(N[C@H](C)C(C)C)cccc1C(=O)N[C@H]1CCN(C)C1=O. The average Bonchev–Trinajstić information content (AvgIpc) is 2.81. The van der Waals surface area contributed by atoms with Gasteiger partial charge in [0.25, 0.3) is 5.91 Å². The lowest BCUT2D eigenvalue weighted by Gasteiger charge is -2.21. The summed E-state index contributed by atoms with van der Waals surface area (Å²) in [4.78, 5) is 26.1. The molecular formula is C18H27N3O2. The van der Waals surface area contributed by atoms with E-state index in [1.165, 1.54) is 0 Å². The average molecular weight is 317 g/mol. The minimum Gasteiger partial charge on any atom is -0.382 e. The van der Waals surface area contributed by atoms with Gasteiger partial charge in [-0.25, -0.2) is 0 Å². The predicted octanol–water partition coefficient (Wildman–Crippen LogP) is 2.41. The predicted molar refractivity (Wildman–Crippen MR) is 92.6 cm³/mol. The quantitative estimate of drug-likeness (QED) is 0.877. The van der Waals surface area contributed by atoms with E-state index in [9.17, 15) is 9.59 Å². The van der Waals surface area contributed by atoms with E-state index in [1.54, 1.807) is 18.0 Å². The maximum atomic E-state index is 12.5. The Labute approximate surface area is 138 Å².